The van der Waals surface area contributed by atoms with Gasteiger partial charge in [-0.05, 0) is 45.7 Å². The number of nitrogens with one attached hydrogen (secondary N) is 2. The average molecular weight is 595 g/mol. The van der Waals surface area contributed by atoms with E-state index in [2.05, 4.69) is 47.0 Å². The Kier molecular flexibility index (Phi) is 9.67. The van der Waals surface area contributed by atoms with Crippen LogP contribution in [0.2, 0.25) is 10.0 Å². The van der Waals surface area contributed by atoms with E-state index in [-0.39, 0.29) is 34.6 Å². The Balaban J connectivity index is 1.29. The van der Waals surface area contributed by atoms with Crippen LogP contribution >= 0.6 is 35.0 Å². The number of carbonyl (C=O) groups is 2. The van der Waals surface area contributed by atoms with Crippen LogP contribution in [0.25, 0.3) is 5.69 Å². The van der Waals surface area contributed by atoms with Crippen molar-refractivity contribution in [3.63, 3.8) is 0 Å². The monoisotopic (exact) mass is 593 g/mol. The van der Waals surface area contributed by atoms with Gasteiger partial charge in [-0.25, -0.2) is 5.01 Å². The summed E-state index contributed by atoms with van der Waals surface area (Å²) in [6.45, 7) is 8.53. The van der Waals surface area contributed by atoms with Gasteiger partial charge in [0.25, 0.3) is 5.91 Å². The number of nitrogens with zero attached hydrogens (tertiary/aromatic N) is 5. The largest absolute Gasteiger partial charge is 0.484 e. The highest BCUT2D eigenvalue weighted by molar-refractivity contribution is 7.99. The van der Waals surface area contributed by atoms with E-state index < -0.39 is 0 Å². The number of rotatable bonds is 9. The molecule has 2 aromatic carbocycles. The minimum Gasteiger partial charge on any atom is -0.484 e. The molecule has 0 saturated carbocycles. The molecular formula is C25H29Cl2N7O4S. The first-order valence-corrected chi connectivity index (χ1v) is 13.9. The smallest absolute Gasteiger partial charge is 0.272 e. The topological polar surface area (TPSA) is 124 Å². The van der Waals surface area contributed by atoms with Crippen molar-refractivity contribution >= 4 is 52.5 Å². The number of benzene rings is 2. The number of hydrazine groups is 1. The maximum Gasteiger partial charge on any atom is 0.272 e. The fourth-order valence-electron chi connectivity index (χ4n) is 3.60. The molecule has 1 fully saturated rings. The zero-order valence-electron chi connectivity index (χ0n) is 21.7. The molecule has 11 nitrogen and oxygen atoms in total. The van der Waals surface area contributed by atoms with Crippen molar-refractivity contribution in [3.8, 4) is 11.4 Å². The predicted molar refractivity (Wildman–Crippen MR) is 150 cm³/mol. The van der Waals surface area contributed by atoms with Gasteiger partial charge in [-0.3, -0.25) is 15.0 Å². The highest BCUT2D eigenvalue weighted by Gasteiger charge is 2.19. The summed E-state index contributed by atoms with van der Waals surface area (Å²) in [4.78, 5) is 24.7. The summed E-state index contributed by atoms with van der Waals surface area (Å²) in [5.74, 6) is -0.146. The van der Waals surface area contributed by atoms with Crippen molar-refractivity contribution in [2.45, 2.75) is 31.3 Å². The summed E-state index contributed by atoms with van der Waals surface area (Å²) in [5.41, 5.74) is 4.83. The van der Waals surface area contributed by atoms with E-state index in [4.69, 9.17) is 32.7 Å². The molecule has 1 saturated heterocycles. The molecular weight excluding hydrogens is 565 g/mol. The number of halogens is 2. The molecule has 208 valence electrons. The molecule has 0 unspecified atom stereocenters. The summed E-state index contributed by atoms with van der Waals surface area (Å²) < 4.78 is 12.3. The van der Waals surface area contributed by atoms with Crippen LogP contribution < -0.4 is 15.5 Å². The number of tetrazole rings is 1. The van der Waals surface area contributed by atoms with Gasteiger partial charge in [0.2, 0.25) is 11.1 Å². The normalized spacial score (nSPS) is 14.2. The fraction of sp³-hybridized carbons (Fsp3) is 0.400. The number of aromatic nitrogens is 4. The lowest BCUT2D eigenvalue weighted by Gasteiger charge is -2.26. The number of hydrogen-bond donors (Lipinski definition) is 2. The molecule has 0 aliphatic carbocycles. The maximum absolute atomic E-state index is 12.6. The summed E-state index contributed by atoms with van der Waals surface area (Å²) >= 11 is 14.0. The van der Waals surface area contributed by atoms with E-state index >= 15 is 0 Å². The number of hydrogen-bond acceptors (Lipinski definition) is 9. The Labute approximate surface area is 240 Å². The molecule has 0 atom stereocenters. The molecule has 14 heteroatoms. The maximum atomic E-state index is 12.6. The Morgan fingerprint density at radius 3 is 2.54 bits per heavy atom. The van der Waals surface area contributed by atoms with Crippen molar-refractivity contribution in [3.05, 3.63) is 52.0 Å². The van der Waals surface area contributed by atoms with E-state index in [1.807, 2.05) is 18.2 Å². The highest BCUT2D eigenvalue weighted by atomic mass is 35.5. The second-order valence-corrected chi connectivity index (χ2v) is 11.4. The third-order valence-electron chi connectivity index (χ3n) is 5.69. The lowest BCUT2D eigenvalue weighted by molar-refractivity contribution is -0.130. The molecule has 1 aliphatic rings. The minimum absolute atomic E-state index is 0.0361. The Bertz CT molecular complexity index is 1330. The van der Waals surface area contributed by atoms with Crippen molar-refractivity contribution in [2.24, 2.45) is 0 Å². The zero-order valence-corrected chi connectivity index (χ0v) is 24.1. The Morgan fingerprint density at radius 2 is 1.85 bits per heavy atom. The van der Waals surface area contributed by atoms with E-state index in [0.29, 0.717) is 53.6 Å². The van der Waals surface area contributed by atoms with Gasteiger partial charge in [0.15, 0.2) is 6.61 Å². The van der Waals surface area contributed by atoms with Gasteiger partial charge >= 0.3 is 0 Å². The zero-order chi connectivity index (χ0) is 28.0. The van der Waals surface area contributed by atoms with Crippen LogP contribution in [0.4, 0.5) is 5.69 Å². The Hall–Kier alpha value is -2.90. The van der Waals surface area contributed by atoms with Gasteiger partial charge in [-0.1, -0.05) is 61.8 Å². The van der Waals surface area contributed by atoms with Crippen LogP contribution in [-0.2, 0) is 19.7 Å². The quantitative estimate of drug-likeness (QED) is 0.357. The molecule has 3 aromatic rings. The first-order valence-electron chi connectivity index (χ1n) is 12.2. The van der Waals surface area contributed by atoms with Crippen LogP contribution in [0.15, 0.2) is 41.6 Å². The van der Waals surface area contributed by atoms with Crippen LogP contribution in [-0.4, -0.2) is 75.7 Å². The summed E-state index contributed by atoms with van der Waals surface area (Å²) in [7, 11) is 0. The number of amides is 2. The highest BCUT2D eigenvalue weighted by Crippen LogP contribution is 2.31. The van der Waals surface area contributed by atoms with Crippen molar-refractivity contribution in [2.75, 3.05) is 44.0 Å². The molecule has 0 spiro atoms. The van der Waals surface area contributed by atoms with E-state index in [1.54, 1.807) is 17.1 Å². The van der Waals surface area contributed by atoms with E-state index in [0.717, 1.165) is 17.3 Å². The lowest BCUT2D eigenvalue weighted by atomic mass is 9.87. The molecule has 2 heterocycles. The minimum atomic E-state index is -0.302. The first-order chi connectivity index (χ1) is 18.6. The molecule has 1 aromatic heterocycles. The third kappa shape index (κ3) is 8.05. The number of anilines is 1. The summed E-state index contributed by atoms with van der Waals surface area (Å²) in [6.07, 6.45) is 0. The van der Waals surface area contributed by atoms with Crippen molar-refractivity contribution in [1.82, 2.24) is 30.6 Å². The predicted octanol–water partition coefficient (Wildman–Crippen LogP) is 3.74. The molecule has 2 N–H and O–H groups in total. The van der Waals surface area contributed by atoms with Gasteiger partial charge in [0.05, 0.1) is 40.4 Å². The van der Waals surface area contributed by atoms with Gasteiger partial charge in [-0.15, -0.1) is 5.10 Å². The molecule has 0 radical (unpaired) electrons. The lowest BCUT2D eigenvalue weighted by Crippen LogP contribution is -2.49. The van der Waals surface area contributed by atoms with Crippen molar-refractivity contribution in [1.29, 1.82) is 0 Å². The van der Waals surface area contributed by atoms with Gasteiger partial charge < -0.3 is 14.8 Å². The number of carbonyl (C=O) groups excluding carboxylic acids is 2. The second-order valence-electron chi connectivity index (χ2n) is 9.69. The second kappa shape index (κ2) is 13.0. The van der Waals surface area contributed by atoms with Crippen LogP contribution in [0, 0.1) is 0 Å². The van der Waals surface area contributed by atoms with Crippen LogP contribution in [0.3, 0.4) is 0 Å². The summed E-state index contributed by atoms with van der Waals surface area (Å²) in [6, 6.07) is 10.5. The third-order valence-corrected chi connectivity index (χ3v) is 7.23. The van der Waals surface area contributed by atoms with Crippen LogP contribution in [0.1, 0.15) is 26.3 Å². The molecule has 39 heavy (non-hydrogen) atoms. The van der Waals surface area contributed by atoms with Gasteiger partial charge in [-0.2, -0.15) is 4.68 Å². The fourth-order valence-corrected chi connectivity index (χ4v) is 4.76. The number of ether oxygens (including phenoxy) is 2. The molecule has 0 bridgehead atoms. The molecule has 2 amide bonds. The average Bonchev–Trinajstić information content (AvgIpc) is 3.36. The SMILES string of the molecule is CC(C)(C)c1ccc(-n2nnnc2SCC(=O)Nc2ccc(OCC(=O)NN3CCOCC3)cc2Cl)c(Cl)c1. The van der Waals surface area contributed by atoms with Gasteiger partial charge in [0, 0.05) is 19.2 Å². The molecule has 1 aliphatic heterocycles. The number of morpholine rings is 1. The van der Waals surface area contributed by atoms with Crippen molar-refractivity contribution < 1.29 is 19.1 Å². The number of thioether (sulfide) groups is 1. The van der Waals surface area contributed by atoms with E-state index in [9.17, 15) is 9.59 Å². The van der Waals surface area contributed by atoms with Crippen LogP contribution in [0.5, 0.6) is 5.75 Å². The molecule has 4 rings (SSSR count). The first kappa shape index (κ1) is 29.1. The Morgan fingerprint density at radius 1 is 1.08 bits per heavy atom. The van der Waals surface area contributed by atoms with Gasteiger partial charge in [0.1, 0.15) is 5.75 Å². The summed E-state index contributed by atoms with van der Waals surface area (Å²) in [5, 5.41) is 17.5. The standard InChI is InChI=1S/C25H29Cl2N7O4S/c1-25(2,3)16-4-7-21(19(27)12-16)34-24(29-31-32-34)39-15-23(36)28-20-6-5-17(13-18(20)26)38-14-22(35)30-33-8-10-37-11-9-33/h4-7,12-13H,8-11,14-15H2,1-3H3,(H,28,36)(H,30,35). The van der Waals surface area contributed by atoms with E-state index in [1.165, 1.54) is 10.7 Å².